The molecule has 0 spiro atoms. The molecule has 146 valence electrons. The summed E-state index contributed by atoms with van der Waals surface area (Å²) in [6.45, 7) is 4.49. The number of esters is 1. The lowest BCUT2D eigenvalue weighted by atomic mass is 9.96. The summed E-state index contributed by atoms with van der Waals surface area (Å²) >= 11 is 3.56. The number of unbranched alkanes of at least 4 members (excludes halogenated alkanes) is 1. The fourth-order valence-corrected chi connectivity index (χ4v) is 3.18. The predicted octanol–water partition coefficient (Wildman–Crippen LogP) is 4.00. The van der Waals surface area contributed by atoms with Gasteiger partial charge >= 0.3 is 5.97 Å². The van der Waals surface area contributed by atoms with Gasteiger partial charge < -0.3 is 15.4 Å². The normalized spacial score (nSPS) is 15.0. The SMILES string of the molecule is CCNC(=NCC1(c2cccc(Br)c2)CC1)NCCCCC(=O)OC.I. The van der Waals surface area contributed by atoms with Crippen LogP contribution >= 0.6 is 39.9 Å². The van der Waals surface area contributed by atoms with Crippen LogP contribution in [0.15, 0.2) is 33.7 Å². The van der Waals surface area contributed by atoms with Gasteiger partial charge in [0.15, 0.2) is 5.96 Å². The van der Waals surface area contributed by atoms with Crippen LogP contribution in [0.5, 0.6) is 0 Å². The summed E-state index contributed by atoms with van der Waals surface area (Å²) < 4.78 is 5.77. The van der Waals surface area contributed by atoms with E-state index < -0.39 is 0 Å². The van der Waals surface area contributed by atoms with Crippen molar-refractivity contribution in [2.24, 2.45) is 4.99 Å². The zero-order valence-electron chi connectivity index (χ0n) is 15.5. The molecule has 0 radical (unpaired) electrons. The Labute approximate surface area is 181 Å². The van der Waals surface area contributed by atoms with Crippen LogP contribution in [0, 0.1) is 0 Å². The van der Waals surface area contributed by atoms with Gasteiger partial charge in [0.1, 0.15) is 0 Å². The van der Waals surface area contributed by atoms with E-state index in [2.05, 4.69) is 62.5 Å². The summed E-state index contributed by atoms with van der Waals surface area (Å²) in [5.74, 6) is 0.701. The second-order valence-corrected chi connectivity index (χ2v) is 7.36. The highest BCUT2D eigenvalue weighted by atomic mass is 127. The lowest BCUT2D eigenvalue weighted by Gasteiger charge is -2.16. The summed E-state index contributed by atoms with van der Waals surface area (Å²) in [6, 6.07) is 8.55. The molecule has 7 heteroatoms. The van der Waals surface area contributed by atoms with Gasteiger partial charge in [-0.2, -0.15) is 0 Å². The number of halogens is 2. The molecule has 0 atom stereocenters. The number of carbonyl (C=O) groups is 1. The number of carbonyl (C=O) groups excluding carboxylic acids is 1. The molecule has 1 aliphatic carbocycles. The van der Waals surface area contributed by atoms with E-state index in [9.17, 15) is 4.79 Å². The van der Waals surface area contributed by atoms with Gasteiger partial charge in [0.2, 0.25) is 0 Å². The molecule has 0 amide bonds. The monoisotopic (exact) mass is 537 g/mol. The summed E-state index contributed by atoms with van der Waals surface area (Å²) in [4.78, 5) is 15.9. The Morgan fingerprint density at radius 3 is 2.69 bits per heavy atom. The first-order valence-electron chi connectivity index (χ1n) is 8.95. The number of guanidine groups is 1. The fourth-order valence-electron chi connectivity index (χ4n) is 2.78. The largest absolute Gasteiger partial charge is 0.469 e. The summed E-state index contributed by atoms with van der Waals surface area (Å²) in [6.07, 6.45) is 4.58. The Morgan fingerprint density at radius 1 is 1.31 bits per heavy atom. The Balaban J connectivity index is 0.00000338. The van der Waals surface area contributed by atoms with Crippen LogP contribution < -0.4 is 10.6 Å². The van der Waals surface area contributed by atoms with Gasteiger partial charge in [-0.25, -0.2) is 0 Å². The lowest BCUT2D eigenvalue weighted by Crippen LogP contribution is -2.38. The minimum atomic E-state index is -0.148. The van der Waals surface area contributed by atoms with Gasteiger partial charge in [0, 0.05) is 29.4 Å². The molecule has 0 unspecified atom stereocenters. The highest BCUT2D eigenvalue weighted by Crippen LogP contribution is 2.48. The van der Waals surface area contributed by atoms with Gasteiger partial charge in [0.25, 0.3) is 0 Å². The molecule has 1 saturated carbocycles. The molecule has 2 N–H and O–H groups in total. The average Bonchev–Trinajstić information content (AvgIpc) is 3.40. The molecular weight excluding hydrogens is 509 g/mol. The van der Waals surface area contributed by atoms with Crippen molar-refractivity contribution in [2.75, 3.05) is 26.7 Å². The highest BCUT2D eigenvalue weighted by molar-refractivity contribution is 14.0. The molecule has 5 nitrogen and oxygen atoms in total. The molecule has 0 heterocycles. The van der Waals surface area contributed by atoms with E-state index >= 15 is 0 Å². The number of hydrogen-bond donors (Lipinski definition) is 2. The van der Waals surface area contributed by atoms with Crippen molar-refractivity contribution >= 4 is 51.8 Å². The van der Waals surface area contributed by atoms with Crippen molar-refractivity contribution in [1.82, 2.24) is 10.6 Å². The number of ether oxygens (including phenoxy) is 1. The number of nitrogens with one attached hydrogen (secondary N) is 2. The molecule has 0 aromatic heterocycles. The first kappa shape index (κ1) is 23.2. The van der Waals surface area contributed by atoms with Crippen LogP contribution in [0.2, 0.25) is 0 Å². The molecule has 0 bridgehead atoms. The Bertz CT molecular complexity index is 606. The van der Waals surface area contributed by atoms with Gasteiger partial charge in [-0.15, -0.1) is 24.0 Å². The van der Waals surface area contributed by atoms with Crippen molar-refractivity contribution in [1.29, 1.82) is 0 Å². The van der Waals surface area contributed by atoms with Crippen molar-refractivity contribution in [3.05, 3.63) is 34.3 Å². The van der Waals surface area contributed by atoms with E-state index in [0.717, 1.165) is 42.9 Å². The zero-order chi connectivity index (χ0) is 18.1. The summed E-state index contributed by atoms with van der Waals surface area (Å²) in [5, 5.41) is 6.65. The molecule has 26 heavy (non-hydrogen) atoms. The quantitative estimate of drug-likeness (QED) is 0.164. The average molecular weight is 538 g/mol. The molecule has 1 aromatic carbocycles. The molecule has 1 aliphatic rings. The number of rotatable bonds is 9. The first-order chi connectivity index (χ1) is 12.1. The Kier molecular flexibility index (Phi) is 10.5. The van der Waals surface area contributed by atoms with Crippen LogP contribution in [0.25, 0.3) is 0 Å². The van der Waals surface area contributed by atoms with E-state index in [1.807, 2.05) is 0 Å². The maximum Gasteiger partial charge on any atom is 0.305 e. The lowest BCUT2D eigenvalue weighted by molar-refractivity contribution is -0.140. The standard InChI is InChI=1S/C19H28BrN3O2.HI/c1-3-21-18(22-12-5-4-9-17(24)25-2)23-14-19(10-11-19)15-7-6-8-16(20)13-15;/h6-8,13H,3-5,9-12,14H2,1-2H3,(H2,21,22,23);1H. The van der Waals surface area contributed by atoms with E-state index in [1.54, 1.807) is 0 Å². The van der Waals surface area contributed by atoms with Gasteiger partial charge in [0.05, 0.1) is 13.7 Å². The predicted molar refractivity (Wildman–Crippen MR) is 120 cm³/mol. The van der Waals surface area contributed by atoms with Crippen molar-refractivity contribution in [3.63, 3.8) is 0 Å². The summed E-state index contributed by atoms with van der Waals surface area (Å²) in [5.41, 5.74) is 1.55. The van der Waals surface area contributed by atoms with Gasteiger partial charge in [-0.05, 0) is 50.3 Å². The molecule has 1 aromatic rings. The third-order valence-electron chi connectivity index (χ3n) is 4.50. The van der Waals surface area contributed by atoms with Crippen LogP contribution in [0.4, 0.5) is 0 Å². The van der Waals surface area contributed by atoms with Gasteiger partial charge in [-0.1, -0.05) is 28.1 Å². The Morgan fingerprint density at radius 2 is 2.08 bits per heavy atom. The third-order valence-corrected chi connectivity index (χ3v) is 5.00. The van der Waals surface area contributed by atoms with E-state index in [1.165, 1.54) is 25.5 Å². The van der Waals surface area contributed by atoms with Crippen LogP contribution in [-0.4, -0.2) is 38.7 Å². The second kappa shape index (κ2) is 11.8. The number of nitrogens with zero attached hydrogens (tertiary/aromatic N) is 1. The third kappa shape index (κ3) is 7.42. The van der Waals surface area contributed by atoms with Crippen molar-refractivity contribution in [2.45, 2.75) is 44.4 Å². The summed E-state index contributed by atoms with van der Waals surface area (Å²) in [7, 11) is 1.43. The second-order valence-electron chi connectivity index (χ2n) is 6.45. The molecule has 2 rings (SSSR count). The van der Waals surface area contributed by atoms with Crippen LogP contribution in [0.3, 0.4) is 0 Å². The highest BCUT2D eigenvalue weighted by Gasteiger charge is 2.44. The smallest absolute Gasteiger partial charge is 0.305 e. The van der Waals surface area contributed by atoms with Crippen LogP contribution in [-0.2, 0) is 14.9 Å². The number of aliphatic imine (C=N–C) groups is 1. The van der Waals surface area contributed by atoms with E-state index in [4.69, 9.17) is 4.99 Å². The molecule has 0 saturated heterocycles. The zero-order valence-corrected chi connectivity index (χ0v) is 19.4. The maximum atomic E-state index is 11.1. The number of methoxy groups -OCH3 is 1. The van der Waals surface area contributed by atoms with E-state index in [-0.39, 0.29) is 35.4 Å². The number of benzene rings is 1. The Hall–Kier alpha value is -0.830. The molecular formula is C19H29BrIN3O2. The topological polar surface area (TPSA) is 62.7 Å². The van der Waals surface area contributed by atoms with E-state index in [0.29, 0.717) is 6.42 Å². The van der Waals surface area contributed by atoms with Crippen LogP contribution in [0.1, 0.15) is 44.6 Å². The fraction of sp³-hybridized carbons (Fsp3) is 0.579. The minimum Gasteiger partial charge on any atom is -0.469 e. The first-order valence-corrected chi connectivity index (χ1v) is 9.74. The minimum absolute atomic E-state index is 0. The maximum absolute atomic E-state index is 11.1. The van der Waals surface area contributed by atoms with Crippen molar-refractivity contribution in [3.8, 4) is 0 Å². The number of hydrogen-bond acceptors (Lipinski definition) is 3. The van der Waals surface area contributed by atoms with Crippen molar-refractivity contribution < 1.29 is 9.53 Å². The molecule has 1 fully saturated rings. The molecule has 0 aliphatic heterocycles. The van der Waals surface area contributed by atoms with Gasteiger partial charge in [-0.3, -0.25) is 9.79 Å².